The molecule has 1 heterocycles. The number of imide groups is 1. The minimum atomic E-state index is -0.765. The number of rotatable bonds is 5. The predicted molar refractivity (Wildman–Crippen MR) is 111 cm³/mol. The topological polar surface area (TPSA) is 89.5 Å². The Morgan fingerprint density at radius 2 is 1.27 bits per heavy atom. The maximum Gasteiger partial charge on any atom is 0.360 e. The Balaban J connectivity index is 2.14. The van der Waals surface area contributed by atoms with Crippen LogP contribution in [0.1, 0.15) is 49.3 Å². The number of amides is 2. The first-order chi connectivity index (χ1) is 14.4. The van der Waals surface area contributed by atoms with Crippen LogP contribution in [0.4, 0.5) is 5.82 Å². The third-order valence-corrected chi connectivity index (χ3v) is 4.36. The lowest BCUT2D eigenvalue weighted by atomic mass is 10.1. The van der Waals surface area contributed by atoms with Crippen molar-refractivity contribution in [3.05, 3.63) is 88.9 Å². The molecule has 7 heteroatoms. The molecule has 0 bridgehead atoms. The van der Waals surface area contributed by atoms with Crippen LogP contribution in [0.25, 0.3) is 0 Å². The van der Waals surface area contributed by atoms with Crippen molar-refractivity contribution in [1.82, 2.24) is 9.97 Å². The predicted octanol–water partition coefficient (Wildman–Crippen LogP) is 3.76. The number of aryl methyl sites for hydroxylation is 2. The average Bonchev–Trinajstić information content (AvgIpc) is 2.75. The number of benzene rings is 2. The number of carbonyl (C=O) groups excluding carboxylic acids is 3. The fraction of sp³-hybridized carbons (Fsp3) is 0.174. The van der Waals surface area contributed by atoms with Crippen molar-refractivity contribution in [3.8, 4) is 0 Å². The molecule has 0 atom stereocenters. The van der Waals surface area contributed by atoms with Crippen LogP contribution in [-0.2, 0) is 4.74 Å². The van der Waals surface area contributed by atoms with Crippen molar-refractivity contribution >= 4 is 23.6 Å². The van der Waals surface area contributed by atoms with Gasteiger partial charge >= 0.3 is 5.97 Å². The summed E-state index contributed by atoms with van der Waals surface area (Å²) in [6.07, 6.45) is 2.62. The fourth-order valence-corrected chi connectivity index (χ4v) is 2.77. The summed E-state index contributed by atoms with van der Waals surface area (Å²) >= 11 is 0. The molecule has 0 unspecified atom stereocenters. The van der Waals surface area contributed by atoms with E-state index in [2.05, 4.69) is 9.97 Å². The van der Waals surface area contributed by atoms with Gasteiger partial charge in [-0.15, -0.1) is 0 Å². The number of ether oxygens (including phenoxy) is 1. The zero-order valence-electron chi connectivity index (χ0n) is 17.0. The van der Waals surface area contributed by atoms with Gasteiger partial charge in [-0.25, -0.2) is 19.7 Å². The van der Waals surface area contributed by atoms with Gasteiger partial charge in [-0.3, -0.25) is 9.59 Å². The molecule has 1 aromatic heterocycles. The van der Waals surface area contributed by atoms with Gasteiger partial charge in [-0.05, 0) is 45.0 Å². The van der Waals surface area contributed by atoms with Crippen LogP contribution in [-0.4, -0.2) is 34.4 Å². The molecule has 0 fully saturated rings. The first kappa shape index (κ1) is 20.9. The number of aromatic nitrogens is 2. The van der Waals surface area contributed by atoms with Gasteiger partial charge in [-0.1, -0.05) is 35.4 Å². The quantitative estimate of drug-likeness (QED) is 0.476. The van der Waals surface area contributed by atoms with E-state index in [1.54, 1.807) is 55.5 Å². The van der Waals surface area contributed by atoms with Gasteiger partial charge in [0.25, 0.3) is 11.8 Å². The van der Waals surface area contributed by atoms with Crippen molar-refractivity contribution in [2.24, 2.45) is 0 Å². The van der Waals surface area contributed by atoms with E-state index in [4.69, 9.17) is 4.74 Å². The van der Waals surface area contributed by atoms with Crippen molar-refractivity contribution in [2.45, 2.75) is 20.8 Å². The van der Waals surface area contributed by atoms with E-state index in [0.29, 0.717) is 0 Å². The van der Waals surface area contributed by atoms with Crippen molar-refractivity contribution in [1.29, 1.82) is 0 Å². The second-order valence-electron chi connectivity index (χ2n) is 6.63. The lowest BCUT2D eigenvalue weighted by Gasteiger charge is -2.21. The summed E-state index contributed by atoms with van der Waals surface area (Å²) in [4.78, 5) is 48.1. The summed E-state index contributed by atoms with van der Waals surface area (Å²) in [5, 5.41) is 0. The van der Waals surface area contributed by atoms with Gasteiger partial charge in [0.05, 0.1) is 6.61 Å². The maximum atomic E-state index is 13.4. The molecule has 3 rings (SSSR count). The lowest BCUT2D eigenvalue weighted by molar-refractivity contribution is 0.0520. The smallest absolute Gasteiger partial charge is 0.360 e. The SMILES string of the molecule is CCOC(=O)c1nccnc1N(C(=O)c1ccc(C)cc1)C(=O)c1ccc(C)cc1. The normalized spacial score (nSPS) is 10.4. The molecule has 7 nitrogen and oxygen atoms in total. The summed E-state index contributed by atoms with van der Waals surface area (Å²) < 4.78 is 5.03. The summed E-state index contributed by atoms with van der Waals surface area (Å²) in [7, 11) is 0. The van der Waals surface area contributed by atoms with E-state index in [9.17, 15) is 14.4 Å². The van der Waals surface area contributed by atoms with Crippen LogP contribution in [0.2, 0.25) is 0 Å². The summed E-state index contributed by atoms with van der Waals surface area (Å²) in [5.41, 5.74) is 2.28. The van der Waals surface area contributed by atoms with Gasteiger partial charge in [0.2, 0.25) is 0 Å². The number of hydrogen-bond acceptors (Lipinski definition) is 6. The van der Waals surface area contributed by atoms with E-state index in [1.165, 1.54) is 12.4 Å². The van der Waals surface area contributed by atoms with Crippen LogP contribution >= 0.6 is 0 Å². The Bertz CT molecular complexity index is 1020. The van der Waals surface area contributed by atoms with Crippen molar-refractivity contribution in [3.63, 3.8) is 0 Å². The highest BCUT2D eigenvalue weighted by Gasteiger charge is 2.32. The largest absolute Gasteiger partial charge is 0.461 e. The summed E-state index contributed by atoms with van der Waals surface area (Å²) in [6.45, 7) is 5.56. The highest BCUT2D eigenvalue weighted by atomic mass is 16.5. The molecular weight excluding hydrogens is 382 g/mol. The Morgan fingerprint density at radius 3 is 1.73 bits per heavy atom. The van der Waals surface area contributed by atoms with Crippen LogP contribution in [0.3, 0.4) is 0 Å². The Hall–Kier alpha value is -3.87. The van der Waals surface area contributed by atoms with E-state index in [1.807, 2.05) is 13.8 Å². The van der Waals surface area contributed by atoms with E-state index >= 15 is 0 Å². The number of carbonyl (C=O) groups is 3. The van der Waals surface area contributed by atoms with Crippen LogP contribution < -0.4 is 4.90 Å². The van der Waals surface area contributed by atoms with E-state index < -0.39 is 17.8 Å². The van der Waals surface area contributed by atoms with E-state index in [0.717, 1.165) is 16.0 Å². The number of esters is 1. The second-order valence-corrected chi connectivity index (χ2v) is 6.63. The first-order valence-corrected chi connectivity index (χ1v) is 9.42. The van der Waals surface area contributed by atoms with E-state index in [-0.39, 0.29) is 29.2 Å². The van der Waals surface area contributed by atoms with Gasteiger partial charge in [0, 0.05) is 23.5 Å². The molecule has 0 radical (unpaired) electrons. The number of anilines is 1. The molecule has 2 amide bonds. The molecular formula is C23H21N3O4. The minimum absolute atomic E-state index is 0.118. The molecule has 3 aromatic rings. The highest BCUT2D eigenvalue weighted by molar-refractivity contribution is 6.26. The molecule has 30 heavy (non-hydrogen) atoms. The third kappa shape index (κ3) is 4.41. The van der Waals surface area contributed by atoms with Crippen LogP contribution in [0, 0.1) is 13.8 Å². The fourth-order valence-electron chi connectivity index (χ4n) is 2.77. The van der Waals surface area contributed by atoms with Gasteiger partial charge in [0.15, 0.2) is 11.5 Å². The Labute approximate surface area is 174 Å². The maximum absolute atomic E-state index is 13.4. The second kappa shape index (κ2) is 9.09. The van der Waals surface area contributed by atoms with Crippen molar-refractivity contribution in [2.75, 3.05) is 11.5 Å². The molecule has 2 aromatic carbocycles. The lowest BCUT2D eigenvalue weighted by Crippen LogP contribution is -2.39. The monoisotopic (exact) mass is 403 g/mol. The Morgan fingerprint density at radius 1 is 0.800 bits per heavy atom. The third-order valence-electron chi connectivity index (χ3n) is 4.36. The average molecular weight is 403 g/mol. The first-order valence-electron chi connectivity index (χ1n) is 9.42. The van der Waals surface area contributed by atoms with Crippen LogP contribution in [0.15, 0.2) is 60.9 Å². The molecule has 0 spiro atoms. The molecule has 0 aliphatic rings. The summed E-state index contributed by atoms with van der Waals surface area (Å²) in [6, 6.07) is 13.5. The van der Waals surface area contributed by atoms with Gasteiger partial charge in [-0.2, -0.15) is 0 Å². The molecule has 0 aliphatic carbocycles. The molecule has 0 aliphatic heterocycles. The molecule has 0 N–H and O–H groups in total. The molecule has 0 saturated heterocycles. The zero-order valence-corrected chi connectivity index (χ0v) is 17.0. The van der Waals surface area contributed by atoms with Crippen LogP contribution in [0.5, 0.6) is 0 Å². The Kier molecular flexibility index (Phi) is 6.32. The number of hydrogen-bond donors (Lipinski definition) is 0. The number of nitrogens with zero attached hydrogens (tertiary/aromatic N) is 3. The summed E-state index contributed by atoms with van der Waals surface area (Å²) in [5.74, 6) is -2.18. The molecule has 0 saturated carbocycles. The standard InChI is InChI=1S/C23H21N3O4/c1-4-30-23(29)19-20(25-14-13-24-19)26(21(27)17-9-5-15(2)6-10-17)22(28)18-11-7-16(3)8-12-18/h5-14H,4H2,1-3H3. The van der Waals surface area contributed by atoms with Gasteiger partial charge in [0.1, 0.15) is 0 Å². The molecule has 152 valence electrons. The minimum Gasteiger partial charge on any atom is -0.461 e. The zero-order chi connectivity index (χ0) is 21.7. The van der Waals surface area contributed by atoms with Crippen molar-refractivity contribution < 1.29 is 19.1 Å². The highest BCUT2D eigenvalue weighted by Crippen LogP contribution is 2.22. The van der Waals surface area contributed by atoms with Gasteiger partial charge < -0.3 is 4.74 Å².